The Bertz CT molecular complexity index is 885. The lowest BCUT2D eigenvalue weighted by molar-refractivity contribution is -0.132. The van der Waals surface area contributed by atoms with Crippen LogP contribution >= 0.6 is 11.6 Å². The molecule has 1 amide bonds. The van der Waals surface area contributed by atoms with Crippen LogP contribution in [0.5, 0.6) is 0 Å². The second-order valence-corrected chi connectivity index (χ2v) is 7.46. The van der Waals surface area contributed by atoms with E-state index < -0.39 is 0 Å². The quantitative estimate of drug-likeness (QED) is 0.686. The average molecular weight is 418 g/mol. The van der Waals surface area contributed by atoms with Crippen LogP contribution in [0.25, 0.3) is 0 Å². The Balaban J connectivity index is 1.47. The predicted octanol–water partition coefficient (Wildman–Crippen LogP) is 1.79. The van der Waals surface area contributed by atoms with Crippen molar-refractivity contribution in [1.29, 1.82) is 0 Å². The van der Waals surface area contributed by atoms with Crippen LogP contribution in [0.1, 0.15) is 18.5 Å². The second-order valence-electron chi connectivity index (χ2n) is 7.05. The van der Waals surface area contributed by atoms with Crippen molar-refractivity contribution in [2.45, 2.75) is 19.1 Å². The number of aromatic nitrogens is 3. The molecular weight excluding hydrogens is 394 g/mol. The van der Waals surface area contributed by atoms with E-state index in [1.165, 1.54) is 0 Å². The molecule has 2 N–H and O–H groups in total. The summed E-state index contributed by atoms with van der Waals surface area (Å²) in [6.45, 7) is 5.11. The number of carbonyl (C=O) groups is 1. The highest BCUT2D eigenvalue weighted by molar-refractivity contribution is 6.31. The van der Waals surface area contributed by atoms with Gasteiger partial charge in [0.2, 0.25) is 17.8 Å². The molecule has 0 radical (unpaired) electrons. The van der Waals surface area contributed by atoms with E-state index in [9.17, 15) is 4.79 Å². The summed E-state index contributed by atoms with van der Waals surface area (Å²) in [5, 5.41) is 6.99. The minimum absolute atomic E-state index is 0.0725. The Labute approximate surface area is 174 Å². The first-order chi connectivity index (χ1) is 14.0. The van der Waals surface area contributed by atoms with Crippen LogP contribution in [-0.2, 0) is 9.53 Å². The van der Waals surface area contributed by atoms with Gasteiger partial charge in [-0.1, -0.05) is 29.8 Å². The molecule has 2 unspecified atom stereocenters. The summed E-state index contributed by atoms with van der Waals surface area (Å²) in [5.41, 5.74) is 0.969. The lowest BCUT2D eigenvalue weighted by Crippen LogP contribution is -2.50. The molecule has 0 aliphatic carbocycles. The molecule has 2 atom stereocenters. The maximum atomic E-state index is 12.2. The van der Waals surface area contributed by atoms with Gasteiger partial charge >= 0.3 is 0 Å². The Kier molecular flexibility index (Phi) is 5.68. The van der Waals surface area contributed by atoms with E-state index in [1.54, 1.807) is 7.05 Å². The number of carbonyl (C=O) groups excluding carboxylic acids is 1. The van der Waals surface area contributed by atoms with Gasteiger partial charge in [0.05, 0.1) is 12.6 Å². The number of rotatable bonds is 6. The van der Waals surface area contributed by atoms with Crippen molar-refractivity contribution in [1.82, 2.24) is 19.9 Å². The summed E-state index contributed by atoms with van der Waals surface area (Å²) in [6, 6.07) is 7.61. The molecule has 3 heterocycles. The molecule has 1 aromatic heterocycles. The van der Waals surface area contributed by atoms with Crippen molar-refractivity contribution in [3.8, 4) is 0 Å². The fourth-order valence-corrected chi connectivity index (χ4v) is 3.60. The van der Waals surface area contributed by atoms with Crippen molar-refractivity contribution in [2.24, 2.45) is 0 Å². The number of hydrogen-bond acceptors (Lipinski definition) is 8. The van der Waals surface area contributed by atoms with Gasteiger partial charge in [0, 0.05) is 38.2 Å². The molecule has 4 rings (SSSR count). The van der Waals surface area contributed by atoms with E-state index in [-0.39, 0.29) is 18.1 Å². The molecule has 2 fully saturated rings. The molecule has 29 heavy (non-hydrogen) atoms. The minimum Gasteiger partial charge on any atom is -0.363 e. The van der Waals surface area contributed by atoms with Crippen LogP contribution in [0.4, 0.5) is 17.8 Å². The number of amides is 1. The van der Waals surface area contributed by atoms with Crippen molar-refractivity contribution in [3.05, 3.63) is 34.9 Å². The predicted molar refractivity (Wildman–Crippen MR) is 111 cm³/mol. The van der Waals surface area contributed by atoms with Gasteiger partial charge in [-0.2, -0.15) is 15.0 Å². The van der Waals surface area contributed by atoms with E-state index in [0.717, 1.165) is 5.56 Å². The fraction of sp³-hybridized carbons (Fsp3) is 0.474. The monoisotopic (exact) mass is 417 g/mol. The normalized spacial score (nSPS) is 19.6. The van der Waals surface area contributed by atoms with E-state index >= 15 is 0 Å². The van der Waals surface area contributed by atoms with Crippen molar-refractivity contribution in [3.63, 3.8) is 0 Å². The highest BCUT2D eigenvalue weighted by Gasteiger charge is 2.36. The molecule has 154 valence electrons. The molecule has 0 spiro atoms. The number of anilines is 3. The third-order valence-electron chi connectivity index (χ3n) is 5.05. The standard InChI is InChI=1S/C19H24ClN7O2/c1-12(13-5-3-4-6-14(13)20)22-18-23-17(21-2)24-19(25-18)27-9-7-26(8-10-27)16(28)15-11-29-15/h3-6,12,15H,7-11H2,1-2H3,(H2,21,22,23,24,25). The third-order valence-corrected chi connectivity index (χ3v) is 5.39. The number of nitrogens with zero attached hydrogens (tertiary/aromatic N) is 5. The van der Waals surface area contributed by atoms with Gasteiger partial charge < -0.3 is 25.2 Å². The van der Waals surface area contributed by atoms with Gasteiger partial charge in [-0.3, -0.25) is 4.79 Å². The summed E-state index contributed by atoms with van der Waals surface area (Å²) in [5.74, 6) is 1.60. The molecule has 0 bridgehead atoms. The maximum absolute atomic E-state index is 12.2. The zero-order valence-corrected chi connectivity index (χ0v) is 17.2. The third kappa shape index (κ3) is 4.51. The molecule has 2 aliphatic heterocycles. The summed E-state index contributed by atoms with van der Waals surface area (Å²) >= 11 is 6.31. The van der Waals surface area contributed by atoms with Crippen molar-refractivity contribution >= 4 is 35.4 Å². The minimum atomic E-state index is -0.239. The molecular formula is C19H24ClN7O2. The molecule has 2 saturated heterocycles. The number of hydrogen-bond donors (Lipinski definition) is 2. The Morgan fingerprint density at radius 1 is 1.17 bits per heavy atom. The van der Waals surface area contributed by atoms with E-state index in [1.807, 2.05) is 36.1 Å². The summed E-state index contributed by atoms with van der Waals surface area (Å²) in [7, 11) is 1.77. The maximum Gasteiger partial charge on any atom is 0.254 e. The summed E-state index contributed by atoms with van der Waals surface area (Å²) < 4.78 is 5.10. The Morgan fingerprint density at radius 3 is 2.52 bits per heavy atom. The number of benzene rings is 1. The second kappa shape index (κ2) is 8.38. The smallest absolute Gasteiger partial charge is 0.254 e. The van der Waals surface area contributed by atoms with Crippen LogP contribution in [0.2, 0.25) is 5.02 Å². The lowest BCUT2D eigenvalue weighted by atomic mass is 10.1. The number of ether oxygens (including phenoxy) is 1. The Hall–Kier alpha value is -2.65. The van der Waals surface area contributed by atoms with E-state index in [2.05, 4.69) is 30.5 Å². The lowest BCUT2D eigenvalue weighted by Gasteiger charge is -2.34. The van der Waals surface area contributed by atoms with Crippen LogP contribution in [-0.4, -0.2) is 71.7 Å². The molecule has 9 nitrogen and oxygen atoms in total. The first kappa shape index (κ1) is 19.7. The van der Waals surface area contributed by atoms with E-state index in [0.29, 0.717) is 55.7 Å². The van der Waals surface area contributed by atoms with E-state index in [4.69, 9.17) is 16.3 Å². The Morgan fingerprint density at radius 2 is 1.86 bits per heavy atom. The zero-order valence-electron chi connectivity index (χ0n) is 16.4. The molecule has 2 aliphatic rings. The number of piperazine rings is 1. The SMILES string of the molecule is CNc1nc(NC(C)c2ccccc2Cl)nc(N2CCN(C(=O)C3CO3)CC2)n1. The number of epoxide rings is 1. The molecule has 10 heteroatoms. The summed E-state index contributed by atoms with van der Waals surface area (Å²) in [4.78, 5) is 29.6. The van der Waals surface area contributed by atoms with Crippen LogP contribution in [0.3, 0.4) is 0 Å². The van der Waals surface area contributed by atoms with Crippen LogP contribution < -0.4 is 15.5 Å². The van der Waals surface area contributed by atoms with Crippen LogP contribution in [0, 0.1) is 0 Å². The molecule has 1 aromatic carbocycles. The van der Waals surface area contributed by atoms with Gasteiger partial charge in [-0.15, -0.1) is 0 Å². The first-order valence-corrected chi connectivity index (χ1v) is 10.0. The van der Waals surface area contributed by atoms with Crippen molar-refractivity contribution < 1.29 is 9.53 Å². The highest BCUT2D eigenvalue weighted by Crippen LogP contribution is 2.25. The molecule has 2 aromatic rings. The summed E-state index contributed by atoms with van der Waals surface area (Å²) in [6.07, 6.45) is -0.239. The number of halogens is 1. The highest BCUT2D eigenvalue weighted by atomic mass is 35.5. The van der Waals surface area contributed by atoms with Gasteiger partial charge in [0.25, 0.3) is 5.91 Å². The topological polar surface area (TPSA) is 98.8 Å². The van der Waals surface area contributed by atoms with Crippen LogP contribution in [0.15, 0.2) is 24.3 Å². The largest absolute Gasteiger partial charge is 0.363 e. The van der Waals surface area contributed by atoms with Gasteiger partial charge in [-0.05, 0) is 18.6 Å². The molecule has 0 saturated carbocycles. The van der Waals surface area contributed by atoms with Crippen molar-refractivity contribution in [2.75, 3.05) is 55.4 Å². The average Bonchev–Trinajstić information content (AvgIpc) is 3.59. The van der Waals surface area contributed by atoms with Gasteiger partial charge in [-0.25, -0.2) is 0 Å². The first-order valence-electron chi connectivity index (χ1n) is 9.65. The number of nitrogens with one attached hydrogen (secondary N) is 2. The van der Waals surface area contributed by atoms with Gasteiger partial charge in [0.1, 0.15) is 0 Å². The van der Waals surface area contributed by atoms with Gasteiger partial charge in [0.15, 0.2) is 6.10 Å². The zero-order chi connectivity index (χ0) is 20.4. The fourth-order valence-electron chi connectivity index (χ4n) is 3.30.